The molecule has 4 unspecified atom stereocenters. The largest absolute Gasteiger partial charge is 0.311 e. The van der Waals surface area contributed by atoms with Crippen LogP contribution in [0, 0.1) is 17.8 Å². The van der Waals surface area contributed by atoms with Gasteiger partial charge in [-0.1, -0.05) is 47.5 Å². The predicted octanol–water partition coefficient (Wildman–Crippen LogP) is 4.30. The lowest BCUT2D eigenvalue weighted by Crippen LogP contribution is -2.61. The van der Waals surface area contributed by atoms with Crippen molar-refractivity contribution in [2.75, 3.05) is 13.1 Å². The molecule has 1 saturated heterocycles. The minimum absolute atomic E-state index is 0.709. The summed E-state index contributed by atoms with van der Waals surface area (Å²) in [6.07, 6.45) is 8.51. The summed E-state index contributed by atoms with van der Waals surface area (Å²) in [6.45, 7) is 14.4. The zero-order chi connectivity index (χ0) is 15.4. The van der Waals surface area contributed by atoms with Crippen molar-refractivity contribution in [2.45, 2.75) is 91.3 Å². The van der Waals surface area contributed by atoms with Crippen molar-refractivity contribution in [2.24, 2.45) is 17.8 Å². The lowest BCUT2D eigenvalue weighted by Gasteiger charge is -2.47. The average molecular weight is 295 g/mol. The van der Waals surface area contributed by atoms with Crippen LogP contribution in [0.3, 0.4) is 0 Å². The minimum atomic E-state index is 0.709. The van der Waals surface area contributed by atoms with E-state index in [1.54, 1.807) is 0 Å². The van der Waals surface area contributed by atoms with E-state index < -0.39 is 0 Å². The molecular formula is C19H38N2. The van der Waals surface area contributed by atoms with Crippen LogP contribution in [0.15, 0.2) is 0 Å². The Kier molecular flexibility index (Phi) is 6.55. The van der Waals surface area contributed by atoms with Crippen molar-refractivity contribution in [1.82, 2.24) is 10.2 Å². The molecule has 21 heavy (non-hydrogen) atoms. The van der Waals surface area contributed by atoms with Gasteiger partial charge in [-0.25, -0.2) is 0 Å². The van der Waals surface area contributed by atoms with Gasteiger partial charge in [0.25, 0.3) is 0 Å². The van der Waals surface area contributed by atoms with E-state index in [4.69, 9.17) is 0 Å². The molecule has 1 heterocycles. The van der Waals surface area contributed by atoms with Crippen LogP contribution >= 0.6 is 0 Å². The van der Waals surface area contributed by atoms with E-state index in [1.807, 2.05) is 0 Å². The first kappa shape index (κ1) is 17.3. The molecule has 2 heteroatoms. The van der Waals surface area contributed by atoms with E-state index in [1.165, 1.54) is 51.6 Å². The van der Waals surface area contributed by atoms with E-state index in [9.17, 15) is 0 Å². The van der Waals surface area contributed by atoms with Crippen molar-refractivity contribution in [1.29, 1.82) is 0 Å². The molecular weight excluding hydrogens is 256 g/mol. The molecule has 2 aliphatic rings. The molecule has 124 valence electrons. The summed E-state index contributed by atoms with van der Waals surface area (Å²) in [4.78, 5) is 2.91. The van der Waals surface area contributed by atoms with Crippen molar-refractivity contribution < 1.29 is 0 Å². The highest BCUT2D eigenvalue weighted by molar-refractivity contribution is 4.92. The molecule has 0 radical (unpaired) electrons. The van der Waals surface area contributed by atoms with E-state index in [0.717, 1.165) is 29.8 Å². The minimum Gasteiger partial charge on any atom is -0.311 e. The summed E-state index contributed by atoms with van der Waals surface area (Å²) in [5, 5.41) is 3.83. The number of nitrogens with one attached hydrogen (secondary N) is 1. The molecule has 0 aromatic rings. The third-order valence-electron chi connectivity index (χ3n) is 5.69. The molecule has 0 aromatic carbocycles. The fourth-order valence-electron chi connectivity index (χ4n) is 4.42. The highest BCUT2D eigenvalue weighted by Gasteiger charge is 2.34. The van der Waals surface area contributed by atoms with Crippen LogP contribution in [0.4, 0.5) is 0 Å². The standard InChI is InChI=1S/C19H38N2/c1-14(2)11-17-13-21(19(12-20-17)15(3)4)18-8-6-7-16(5)9-10-18/h14-20H,6-13H2,1-5H3. The maximum atomic E-state index is 3.83. The zero-order valence-electron chi connectivity index (χ0n) is 15.1. The molecule has 0 aromatic heterocycles. The first-order valence-electron chi connectivity index (χ1n) is 9.46. The monoisotopic (exact) mass is 294 g/mol. The highest BCUT2D eigenvalue weighted by atomic mass is 15.3. The summed E-state index contributed by atoms with van der Waals surface area (Å²) in [5.74, 6) is 2.51. The van der Waals surface area contributed by atoms with Crippen molar-refractivity contribution in [3.63, 3.8) is 0 Å². The van der Waals surface area contributed by atoms with Crippen molar-refractivity contribution >= 4 is 0 Å². The molecule has 0 amide bonds. The number of nitrogens with zero attached hydrogens (tertiary/aromatic N) is 1. The second-order valence-corrected chi connectivity index (χ2v) is 8.51. The lowest BCUT2D eigenvalue weighted by atomic mass is 9.91. The van der Waals surface area contributed by atoms with Gasteiger partial charge in [-0.05, 0) is 43.4 Å². The van der Waals surface area contributed by atoms with Gasteiger partial charge in [0.1, 0.15) is 0 Å². The number of hydrogen-bond donors (Lipinski definition) is 1. The van der Waals surface area contributed by atoms with E-state index in [2.05, 4.69) is 44.8 Å². The van der Waals surface area contributed by atoms with Crippen LogP contribution in [0.25, 0.3) is 0 Å². The molecule has 1 aliphatic carbocycles. The van der Waals surface area contributed by atoms with Gasteiger partial charge in [0.2, 0.25) is 0 Å². The second kappa shape index (κ2) is 7.97. The SMILES string of the molecule is CC(C)CC1CN(C2CCCC(C)CC2)C(C(C)C)CN1. The fraction of sp³-hybridized carbons (Fsp3) is 1.00. The van der Waals surface area contributed by atoms with Crippen LogP contribution in [-0.2, 0) is 0 Å². The first-order valence-corrected chi connectivity index (χ1v) is 9.46. The van der Waals surface area contributed by atoms with Crippen LogP contribution in [0.2, 0.25) is 0 Å². The van der Waals surface area contributed by atoms with Gasteiger partial charge >= 0.3 is 0 Å². The molecule has 0 spiro atoms. The molecule has 1 aliphatic heterocycles. The van der Waals surface area contributed by atoms with E-state index >= 15 is 0 Å². The highest BCUT2D eigenvalue weighted by Crippen LogP contribution is 2.30. The van der Waals surface area contributed by atoms with Crippen LogP contribution < -0.4 is 5.32 Å². The molecule has 2 rings (SSSR count). The Bertz CT molecular complexity index is 300. The Balaban J connectivity index is 2.02. The first-order chi connectivity index (χ1) is 9.97. The summed E-state index contributed by atoms with van der Waals surface area (Å²) in [5.41, 5.74) is 0. The molecule has 4 atom stereocenters. The summed E-state index contributed by atoms with van der Waals surface area (Å²) in [7, 11) is 0. The number of rotatable bonds is 4. The predicted molar refractivity (Wildman–Crippen MR) is 92.6 cm³/mol. The molecule has 2 fully saturated rings. The van der Waals surface area contributed by atoms with E-state index in [0.29, 0.717) is 6.04 Å². The Morgan fingerprint density at radius 1 is 1.05 bits per heavy atom. The third kappa shape index (κ3) is 4.96. The number of hydrogen-bond acceptors (Lipinski definition) is 2. The van der Waals surface area contributed by atoms with Crippen LogP contribution in [0.1, 0.15) is 73.1 Å². The fourth-order valence-corrected chi connectivity index (χ4v) is 4.42. The van der Waals surface area contributed by atoms with Crippen molar-refractivity contribution in [3.8, 4) is 0 Å². The maximum Gasteiger partial charge on any atom is 0.0247 e. The van der Waals surface area contributed by atoms with Gasteiger partial charge in [0.05, 0.1) is 0 Å². The third-order valence-corrected chi connectivity index (χ3v) is 5.69. The topological polar surface area (TPSA) is 15.3 Å². The normalized spacial score (nSPS) is 36.1. The molecule has 1 N–H and O–H groups in total. The van der Waals surface area contributed by atoms with Gasteiger partial charge in [-0.15, -0.1) is 0 Å². The quantitative estimate of drug-likeness (QED) is 0.778. The zero-order valence-corrected chi connectivity index (χ0v) is 15.1. The van der Waals surface area contributed by atoms with Gasteiger partial charge in [-0.3, -0.25) is 4.90 Å². The maximum absolute atomic E-state index is 3.83. The molecule has 0 bridgehead atoms. The smallest absolute Gasteiger partial charge is 0.0247 e. The summed E-state index contributed by atoms with van der Waals surface area (Å²) < 4.78 is 0. The van der Waals surface area contributed by atoms with Crippen molar-refractivity contribution in [3.05, 3.63) is 0 Å². The molecule has 2 nitrogen and oxygen atoms in total. The molecule has 1 saturated carbocycles. The van der Waals surface area contributed by atoms with Gasteiger partial charge in [0, 0.05) is 31.2 Å². The van der Waals surface area contributed by atoms with Crippen LogP contribution in [-0.4, -0.2) is 36.1 Å². The summed E-state index contributed by atoms with van der Waals surface area (Å²) >= 11 is 0. The second-order valence-electron chi connectivity index (χ2n) is 8.51. The average Bonchev–Trinajstić information content (AvgIpc) is 2.62. The lowest BCUT2D eigenvalue weighted by molar-refractivity contribution is 0.0441. The van der Waals surface area contributed by atoms with E-state index in [-0.39, 0.29) is 0 Å². The number of piperazine rings is 1. The van der Waals surface area contributed by atoms with Crippen LogP contribution in [0.5, 0.6) is 0 Å². The Morgan fingerprint density at radius 2 is 1.81 bits per heavy atom. The van der Waals surface area contributed by atoms with Gasteiger partial charge in [-0.2, -0.15) is 0 Å². The Morgan fingerprint density at radius 3 is 2.48 bits per heavy atom. The Labute approximate surface area is 133 Å². The van der Waals surface area contributed by atoms with Gasteiger partial charge < -0.3 is 5.32 Å². The van der Waals surface area contributed by atoms with Gasteiger partial charge in [0.15, 0.2) is 0 Å². The summed E-state index contributed by atoms with van der Waals surface area (Å²) in [6, 6.07) is 2.30. The Hall–Kier alpha value is -0.0800.